The first-order valence-corrected chi connectivity index (χ1v) is 6.63. The van der Waals surface area contributed by atoms with E-state index in [-0.39, 0.29) is 0 Å². The number of rotatable bonds is 3. The first-order chi connectivity index (χ1) is 7.67. The lowest BCUT2D eigenvalue weighted by Gasteiger charge is -2.05. The van der Waals surface area contributed by atoms with E-state index in [2.05, 4.69) is 24.9 Å². The number of hydrogen-bond acceptors (Lipinski definition) is 3. The van der Waals surface area contributed by atoms with Gasteiger partial charge in [0.15, 0.2) is 0 Å². The average Bonchev–Trinajstić information content (AvgIpc) is 2.31. The summed E-state index contributed by atoms with van der Waals surface area (Å²) >= 11 is 1.63. The summed E-state index contributed by atoms with van der Waals surface area (Å²) in [5.41, 5.74) is 2.42. The van der Waals surface area contributed by atoms with Gasteiger partial charge in [0.1, 0.15) is 5.03 Å². The number of thioether (sulfide) groups is 1. The maximum Gasteiger partial charge on any atom is 0.214 e. The van der Waals surface area contributed by atoms with E-state index in [4.69, 9.17) is 4.74 Å². The fourth-order valence-electron chi connectivity index (χ4n) is 1.13. The summed E-state index contributed by atoms with van der Waals surface area (Å²) in [6.45, 7) is 8.16. The molecule has 1 heterocycles. The molecule has 1 aromatic heterocycles. The van der Waals surface area contributed by atoms with Crippen molar-refractivity contribution < 1.29 is 4.74 Å². The number of ether oxygens (including phenoxy) is 1. The molecule has 1 rings (SSSR count). The maximum absolute atomic E-state index is 5.07. The van der Waals surface area contributed by atoms with Gasteiger partial charge < -0.3 is 4.74 Å². The van der Waals surface area contributed by atoms with Crippen molar-refractivity contribution >= 4 is 17.8 Å². The molecule has 0 aromatic carbocycles. The van der Waals surface area contributed by atoms with Crippen LogP contribution in [0.3, 0.4) is 0 Å². The van der Waals surface area contributed by atoms with E-state index >= 15 is 0 Å². The Morgan fingerprint density at radius 2 is 1.94 bits per heavy atom. The highest BCUT2D eigenvalue weighted by molar-refractivity contribution is 7.98. The molecule has 0 amide bonds. The number of aromatic nitrogens is 1. The van der Waals surface area contributed by atoms with Gasteiger partial charge in [-0.3, -0.25) is 0 Å². The zero-order valence-electron chi connectivity index (χ0n) is 11.0. The Kier molecular flexibility index (Phi) is 7.73. The lowest BCUT2D eigenvalue weighted by atomic mass is 10.2. The summed E-state index contributed by atoms with van der Waals surface area (Å²) in [7, 11) is 1.63. The fraction of sp³-hybridized carbons (Fsp3) is 0.462. The van der Waals surface area contributed by atoms with Crippen molar-refractivity contribution in [1.29, 1.82) is 0 Å². The van der Waals surface area contributed by atoms with Crippen molar-refractivity contribution in [3.63, 3.8) is 0 Å². The third-order valence-corrected chi connectivity index (χ3v) is 2.42. The second-order valence-electron chi connectivity index (χ2n) is 3.17. The van der Waals surface area contributed by atoms with Crippen LogP contribution in [0.4, 0.5) is 0 Å². The zero-order chi connectivity index (χ0) is 12.6. The van der Waals surface area contributed by atoms with Crippen LogP contribution in [0.1, 0.15) is 33.3 Å². The second-order valence-corrected chi connectivity index (χ2v) is 3.97. The van der Waals surface area contributed by atoms with E-state index in [9.17, 15) is 0 Å². The lowest BCUT2D eigenvalue weighted by molar-refractivity contribution is 0.394. The molecule has 0 aliphatic carbocycles. The van der Waals surface area contributed by atoms with Gasteiger partial charge in [0.25, 0.3) is 0 Å². The van der Waals surface area contributed by atoms with Crippen LogP contribution in [-0.2, 0) is 0 Å². The van der Waals surface area contributed by atoms with Gasteiger partial charge in [-0.2, -0.15) is 0 Å². The van der Waals surface area contributed by atoms with Crippen LogP contribution in [-0.4, -0.2) is 18.3 Å². The third-order valence-electron chi connectivity index (χ3n) is 1.71. The van der Waals surface area contributed by atoms with Crippen molar-refractivity contribution in [2.24, 2.45) is 0 Å². The van der Waals surface area contributed by atoms with Crippen LogP contribution in [0.15, 0.2) is 22.7 Å². The van der Waals surface area contributed by atoms with Crippen LogP contribution in [0.5, 0.6) is 5.88 Å². The van der Waals surface area contributed by atoms with Crippen LogP contribution in [0.2, 0.25) is 0 Å². The Morgan fingerprint density at radius 3 is 2.38 bits per heavy atom. The van der Waals surface area contributed by atoms with E-state index in [0.717, 1.165) is 10.6 Å². The highest BCUT2D eigenvalue weighted by atomic mass is 32.2. The predicted octanol–water partition coefficient (Wildman–Crippen LogP) is 4.26. The molecule has 0 aliphatic rings. The van der Waals surface area contributed by atoms with Gasteiger partial charge in [0.2, 0.25) is 5.88 Å². The predicted molar refractivity (Wildman–Crippen MR) is 73.2 cm³/mol. The second kappa shape index (κ2) is 8.22. The number of allylic oxidation sites excluding steroid dienone is 1. The smallest absolute Gasteiger partial charge is 0.214 e. The van der Waals surface area contributed by atoms with Crippen molar-refractivity contribution in [3.8, 4) is 5.88 Å². The highest BCUT2D eigenvalue weighted by Crippen LogP contribution is 2.23. The van der Waals surface area contributed by atoms with Crippen LogP contribution in [0.25, 0.3) is 6.08 Å². The van der Waals surface area contributed by atoms with Gasteiger partial charge in [-0.25, -0.2) is 4.98 Å². The number of hydrogen-bond donors (Lipinski definition) is 0. The van der Waals surface area contributed by atoms with Crippen molar-refractivity contribution in [2.75, 3.05) is 13.4 Å². The zero-order valence-corrected chi connectivity index (χ0v) is 11.8. The Labute approximate surface area is 103 Å². The van der Waals surface area contributed by atoms with Gasteiger partial charge in [0, 0.05) is 11.6 Å². The average molecular weight is 239 g/mol. The molecule has 1 aromatic rings. The number of methoxy groups -OCH3 is 1. The number of pyridine rings is 1. The molecule has 0 radical (unpaired) electrons. The largest absolute Gasteiger partial charge is 0.481 e. The van der Waals surface area contributed by atoms with Gasteiger partial charge >= 0.3 is 0 Å². The standard InChI is InChI=1S/C11H15NOS.C2H6/c1-8(2)7-9-5-6-10(13-3)12-11(9)14-4;1-2/h5-7H,1-4H3;1-2H3. The maximum atomic E-state index is 5.07. The van der Waals surface area contributed by atoms with E-state index < -0.39 is 0 Å². The molecule has 0 bridgehead atoms. The Morgan fingerprint density at radius 1 is 1.31 bits per heavy atom. The molecule has 0 aliphatic heterocycles. The molecule has 0 fully saturated rings. The van der Waals surface area contributed by atoms with E-state index in [1.807, 2.05) is 32.2 Å². The quantitative estimate of drug-likeness (QED) is 0.736. The molecule has 90 valence electrons. The Bertz CT molecular complexity index is 344. The van der Waals surface area contributed by atoms with Crippen molar-refractivity contribution in [2.45, 2.75) is 32.7 Å². The lowest BCUT2D eigenvalue weighted by Crippen LogP contribution is -1.91. The molecular formula is C13H21NOS. The summed E-state index contributed by atoms with van der Waals surface area (Å²) in [4.78, 5) is 4.36. The molecule has 0 N–H and O–H groups in total. The summed E-state index contributed by atoms with van der Waals surface area (Å²) in [6, 6.07) is 3.92. The summed E-state index contributed by atoms with van der Waals surface area (Å²) < 4.78 is 5.07. The highest BCUT2D eigenvalue weighted by Gasteiger charge is 2.02. The van der Waals surface area contributed by atoms with Crippen molar-refractivity contribution in [1.82, 2.24) is 4.98 Å². The minimum Gasteiger partial charge on any atom is -0.481 e. The molecule has 0 saturated heterocycles. The Hall–Kier alpha value is -0.960. The molecule has 0 spiro atoms. The van der Waals surface area contributed by atoms with Crippen LogP contribution < -0.4 is 4.74 Å². The molecule has 3 heteroatoms. The fourth-order valence-corrected chi connectivity index (χ4v) is 1.68. The van der Waals surface area contributed by atoms with Gasteiger partial charge in [-0.15, -0.1) is 11.8 Å². The summed E-state index contributed by atoms with van der Waals surface area (Å²) in [5, 5.41) is 1.01. The SMILES string of the molecule is CC.COc1ccc(C=C(C)C)c(SC)n1. The van der Waals surface area contributed by atoms with Crippen LogP contribution in [0, 0.1) is 0 Å². The molecule has 16 heavy (non-hydrogen) atoms. The van der Waals surface area contributed by atoms with E-state index in [1.165, 1.54) is 5.57 Å². The monoisotopic (exact) mass is 239 g/mol. The van der Waals surface area contributed by atoms with E-state index in [0.29, 0.717) is 5.88 Å². The van der Waals surface area contributed by atoms with E-state index in [1.54, 1.807) is 18.9 Å². The van der Waals surface area contributed by atoms with Gasteiger partial charge in [-0.05, 0) is 26.2 Å². The number of nitrogens with zero attached hydrogens (tertiary/aromatic N) is 1. The van der Waals surface area contributed by atoms with Crippen LogP contribution >= 0.6 is 11.8 Å². The van der Waals surface area contributed by atoms with Gasteiger partial charge in [-0.1, -0.05) is 25.5 Å². The first-order valence-electron chi connectivity index (χ1n) is 5.41. The minimum absolute atomic E-state index is 0.667. The van der Waals surface area contributed by atoms with Gasteiger partial charge in [0.05, 0.1) is 7.11 Å². The summed E-state index contributed by atoms with van der Waals surface area (Å²) in [6.07, 6.45) is 4.14. The summed E-state index contributed by atoms with van der Waals surface area (Å²) in [5.74, 6) is 0.667. The molecule has 0 atom stereocenters. The normalized spacial score (nSPS) is 8.88. The Balaban J connectivity index is 0.00000106. The molecular weight excluding hydrogens is 218 g/mol. The molecule has 0 saturated carbocycles. The minimum atomic E-state index is 0.667. The first kappa shape index (κ1) is 15.0. The third kappa shape index (κ3) is 4.71. The molecule has 2 nitrogen and oxygen atoms in total. The van der Waals surface area contributed by atoms with Crippen molar-refractivity contribution in [3.05, 3.63) is 23.3 Å². The molecule has 0 unspecified atom stereocenters. The topological polar surface area (TPSA) is 22.1 Å².